The van der Waals surface area contributed by atoms with E-state index in [1.54, 1.807) is 18.2 Å². The Labute approximate surface area is 221 Å². The van der Waals surface area contributed by atoms with Gasteiger partial charge >= 0.3 is 0 Å². The van der Waals surface area contributed by atoms with Gasteiger partial charge in [0.1, 0.15) is 17.9 Å². The van der Waals surface area contributed by atoms with Crippen LogP contribution in [0.1, 0.15) is 46.8 Å². The van der Waals surface area contributed by atoms with Crippen LogP contribution in [0.3, 0.4) is 0 Å². The molecule has 7 heteroatoms. The zero-order valence-electron chi connectivity index (χ0n) is 21.7. The molecule has 0 aliphatic carbocycles. The molecule has 1 heterocycles. The second-order valence-electron chi connectivity index (χ2n) is 9.39. The fourth-order valence-corrected chi connectivity index (χ4v) is 4.31. The number of fused-ring (bicyclic) bond motifs is 1. The summed E-state index contributed by atoms with van der Waals surface area (Å²) < 4.78 is 20.1. The predicted octanol–water partition coefficient (Wildman–Crippen LogP) is 5.71. The summed E-state index contributed by atoms with van der Waals surface area (Å²) in [5.74, 6) is -1.51. The van der Waals surface area contributed by atoms with E-state index in [9.17, 15) is 18.8 Å². The van der Waals surface area contributed by atoms with Gasteiger partial charge in [0.15, 0.2) is 5.43 Å². The molecule has 6 nitrogen and oxygen atoms in total. The van der Waals surface area contributed by atoms with Crippen LogP contribution in [-0.4, -0.2) is 34.7 Å². The maximum Gasteiger partial charge on any atom is 0.257 e. The molecule has 0 saturated carbocycles. The van der Waals surface area contributed by atoms with Gasteiger partial charge in [-0.05, 0) is 43.2 Å². The van der Waals surface area contributed by atoms with Crippen LogP contribution in [0.4, 0.5) is 4.39 Å². The molecule has 1 aromatic heterocycles. The number of aryl methyl sites for hydroxylation is 1. The molecule has 2 amide bonds. The minimum Gasteiger partial charge on any atom is -0.464 e. The summed E-state index contributed by atoms with van der Waals surface area (Å²) in [6.45, 7) is 4.20. The molecule has 0 N–H and O–H groups in total. The summed E-state index contributed by atoms with van der Waals surface area (Å²) in [6, 6.07) is 20.6. The van der Waals surface area contributed by atoms with E-state index in [2.05, 4.69) is 0 Å². The number of rotatable bonds is 10. The third-order valence-corrected chi connectivity index (χ3v) is 6.43. The van der Waals surface area contributed by atoms with Gasteiger partial charge < -0.3 is 14.2 Å². The Morgan fingerprint density at radius 1 is 0.921 bits per heavy atom. The Morgan fingerprint density at radius 3 is 2.39 bits per heavy atom. The summed E-state index contributed by atoms with van der Waals surface area (Å²) >= 11 is 0. The van der Waals surface area contributed by atoms with E-state index in [1.165, 1.54) is 34.3 Å². The lowest BCUT2D eigenvalue weighted by molar-refractivity contribution is -0.133. The minimum atomic E-state index is -0.628. The highest BCUT2D eigenvalue weighted by Crippen LogP contribution is 2.17. The van der Waals surface area contributed by atoms with Crippen molar-refractivity contribution in [1.29, 1.82) is 0 Å². The van der Waals surface area contributed by atoms with Crippen molar-refractivity contribution in [2.75, 3.05) is 13.1 Å². The van der Waals surface area contributed by atoms with Gasteiger partial charge in [0.05, 0.1) is 29.3 Å². The van der Waals surface area contributed by atoms with Crippen LogP contribution in [0.5, 0.6) is 0 Å². The summed E-state index contributed by atoms with van der Waals surface area (Å²) in [4.78, 5) is 43.1. The molecule has 0 atom stereocenters. The van der Waals surface area contributed by atoms with Gasteiger partial charge in [-0.1, -0.05) is 67.4 Å². The number of benzene rings is 3. The molecule has 0 radical (unpaired) electrons. The SMILES string of the molecule is CCCCN(CC(=O)N(Cc1ccccc1)Cc1coc2ccc(C)cc2c1=O)C(=O)c1ccccc1F. The molecule has 196 valence electrons. The van der Waals surface area contributed by atoms with E-state index in [0.29, 0.717) is 29.5 Å². The van der Waals surface area contributed by atoms with Crippen LogP contribution < -0.4 is 5.43 Å². The maximum absolute atomic E-state index is 14.4. The number of amides is 2. The van der Waals surface area contributed by atoms with Gasteiger partial charge in [0.2, 0.25) is 5.91 Å². The Kier molecular flexibility index (Phi) is 8.69. The highest BCUT2D eigenvalue weighted by Gasteiger charge is 2.25. The molecule has 0 spiro atoms. The quantitative estimate of drug-likeness (QED) is 0.272. The molecule has 3 aromatic carbocycles. The van der Waals surface area contributed by atoms with Crippen molar-refractivity contribution in [3.05, 3.63) is 117 Å². The molecule has 4 rings (SSSR count). The zero-order chi connectivity index (χ0) is 27.1. The number of carbonyl (C=O) groups excluding carboxylic acids is 2. The minimum absolute atomic E-state index is 0.00937. The average molecular weight is 515 g/mol. The van der Waals surface area contributed by atoms with Crippen LogP contribution in [0.25, 0.3) is 11.0 Å². The first-order valence-electron chi connectivity index (χ1n) is 12.7. The lowest BCUT2D eigenvalue weighted by Gasteiger charge is -2.28. The smallest absolute Gasteiger partial charge is 0.257 e. The van der Waals surface area contributed by atoms with E-state index >= 15 is 0 Å². The van der Waals surface area contributed by atoms with Crippen molar-refractivity contribution in [2.24, 2.45) is 0 Å². The van der Waals surface area contributed by atoms with Crippen LogP contribution in [0, 0.1) is 12.7 Å². The van der Waals surface area contributed by atoms with Gasteiger partial charge in [0, 0.05) is 13.1 Å². The molecular weight excluding hydrogens is 483 g/mol. The predicted molar refractivity (Wildman–Crippen MR) is 145 cm³/mol. The van der Waals surface area contributed by atoms with Gasteiger partial charge in [-0.15, -0.1) is 0 Å². The number of halogens is 1. The molecule has 0 saturated heterocycles. The number of hydrogen-bond donors (Lipinski definition) is 0. The van der Waals surface area contributed by atoms with Crippen molar-refractivity contribution >= 4 is 22.8 Å². The van der Waals surface area contributed by atoms with E-state index in [0.717, 1.165) is 17.5 Å². The van der Waals surface area contributed by atoms with Gasteiger partial charge in [0.25, 0.3) is 5.91 Å². The second kappa shape index (κ2) is 12.3. The van der Waals surface area contributed by atoms with Crippen LogP contribution in [0.15, 0.2) is 88.3 Å². The van der Waals surface area contributed by atoms with E-state index in [-0.39, 0.29) is 36.5 Å². The highest BCUT2D eigenvalue weighted by atomic mass is 19.1. The van der Waals surface area contributed by atoms with Gasteiger partial charge in [-0.3, -0.25) is 14.4 Å². The first-order valence-corrected chi connectivity index (χ1v) is 12.7. The van der Waals surface area contributed by atoms with Crippen LogP contribution >= 0.6 is 0 Å². The van der Waals surface area contributed by atoms with Crippen molar-refractivity contribution < 1.29 is 18.4 Å². The van der Waals surface area contributed by atoms with E-state index in [1.807, 2.05) is 50.2 Å². The van der Waals surface area contributed by atoms with E-state index < -0.39 is 11.7 Å². The van der Waals surface area contributed by atoms with Crippen LogP contribution in [-0.2, 0) is 17.9 Å². The fourth-order valence-electron chi connectivity index (χ4n) is 4.31. The fraction of sp³-hybridized carbons (Fsp3) is 0.258. The lowest BCUT2D eigenvalue weighted by Crippen LogP contribution is -2.43. The lowest BCUT2D eigenvalue weighted by atomic mass is 10.1. The third-order valence-electron chi connectivity index (χ3n) is 6.43. The highest BCUT2D eigenvalue weighted by molar-refractivity contribution is 5.96. The third kappa shape index (κ3) is 6.35. The summed E-state index contributed by atoms with van der Waals surface area (Å²) in [7, 11) is 0. The Morgan fingerprint density at radius 2 is 1.66 bits per heavy atom. The molecule has 0 aliphatic rings. The molecule has 4 aromatic rings. The average Bonchev–Trinajstić information content (AvgIpc) is 2.92. The molecule has 0 bridgehead atoms. The van der Waals surface area contributed by atoms with Crippen molar-refractivity contribution in [1.82, 2.24) is 9.80 Å². The maximum atomic E-state index is 14.4. The number of carbonyl (C=O) groups is 2. The van der Waals surface area contributed by atoms with Crippen molar-refractivity contribution in [3.63, 3.8) is 0 Å². The van der Waals surface area contributed by atoms with Crippen molar-refractivity contribution in [2.45, 2.75) is 39.8 Å². The Hall–Kier alpha value is -4.26. The van der Waals surface area contributed by atoms with Gasteiger partial charge in [-0.25, -0.2) is 4.39 Å². The number of unbranched alkanes of at least 4 members (excludes halogenated alkanes) is 1. The normalized spacial score (nSPS) is 10.9. The topological polar surface area (TPSA) is 70.8 Å². The largest absolute Gasteiger partial charge is 0.464 e. The number of hydrogen-bond acceptors (Lipinski definition) is 4. The summed E-state index contributed by atoms with van der Waals surface area (Å²) in [6.07, 6.45) is 2.87. The second-order valence-corrected chi connectivity index (χ2v) is 9.39. The molecule has 38 heavy (non-hydrogen) atoms. The molecule has 0 aliphatic heterocycles. The Balaban J connectivity index is 1.64. The Bertz CT molecular complexity index is 1480. The molecular formula is C31H31FN2O4. The molecule has 0 fully saturated rings. The van der Waals surface area contributed by atoms with Gasteiger partial charge in [-0.2, -0.15) is 0 Å². The van der Waals surface area contributed by atoms with Crippen LogP contribution in [0.2, 0.25) is 0 Å². The standard InChI is InChI=1S/C31H31FN2O4/c1-3-4-16-33(31(37)25-12-8-9-13-27(25)32)20-29(35)34(18-23-10-6-5-7-11-23)19-24-21-38-28-15-14-22(2)17-26(28)30(24)36/h5-15,17,21H,3-4,16,18-20H2,1-2H3. The zero-order valence-corrected chi connectivity index (χ0v) is 21.7. The summed E-state index contributed by atoms with van der Waals surface area (Å²) in [5, 5.41) is 0.453. The van der Waals surface area contributed by atoms with Crippen molar-refractivity contribution in [3.8, 4) is 0 Å². The number of nitrogens with zero attached hydrogens (tertiary/aromatic N) is 2. The monoisotopic (exact) mass is 514 g/mol. The summed E-state index contributed by atoms with van der Waals surface area (Å²) in [5.41, 5.74) is 2.35. The van der Waals surface area contributed by atoms with E-state index in [4.69, 9.17) is 4.42 Å². The first-order chi connectivity index (χ1) is 18.4. The molecule has 0 unspecified atom stereocenters. The first kappa shape index (κ1) is 26.8.